The molecular weight excluding hydrogens is 288 g/mol. The SMILES string of the molecule is [2H]c1c([2H])c([2H])c2c(-c3cccc4ccccc34)c3c([2H])c([2H])c([2H])c([2H])c3cc2c1[2H]. The Hall–Kier alpha value is -3.12. The molecule has 0 fully saturated rings. The molecule has 0 aliphatic carbocycles. The quantitative estimate of drug-likeness (QED) is 0.298. The van der Waals surface area contributed by atoms with Crippen molar-refractivity contribution in [1.29, 1.82) is 0 Å². The topological polar surface area (TPSA) is 0 Å². The number of fused-ring (bicyclic) bond motifs is 3. The fourth-order valence-electron chi connectivity index (χ4n) is 3.24. The molecule has 0 atom stereocenters. The second-order valence-corrected chi connectivity index (χ2v) is 5.62. The van der Waals surface area contributed by atoms with Crippen LogP contribution in [0.15, 0.2) is 96.9 Å². The summed E-state index contributed by atoms with van der Waals surface area (Å²) >= 11 is 0. The molecule has 0 aromatic heterocycles. The van der Waals surface area contributed by atoms with Crippen LogP contribution in [0.5, 0.6) is 0 Å². The molecule has 24 heavy (non-hydrogen) atoms. The van der Waals surface area contributed by atoms with Gasteiger partial charge in [-0.05, 0) is 49.5 Å². The molecule has 0 heterocycles. The summed E-state index contributed by atoms with van der Waals surface area (Å²) in [7, 11) is 0. The zero-order valence-electron chi connectivity index (χ0n) is 20.6. The van der Waals surface area contributed by atoms with E-state index >= 15 is 0 Å². The van der Waals surface area contributed by atoms with Crippen molar-refractivity contribution >= 4 is 32.3 Å². The zero-order chi connectivity index (χ0) is 22.9. The van der Waals surface area contributed by atoms with Gasteiger partial charge in [0, 0.05) is 0 Å². The molecule has 0 amide bonds. The molecular formula is C24H16. The van der Waals surface area contributed by atoms with Crippen molar-refractivity contribution < 1.29 is 11.0 Å². The van der Waals surface area contributed by atoms with Crippen molar-refractivity contribution in [2.75, 3.05) is 0 Å². The highest BCUT2D eigenvalue weighted by molar-refractivity contribution is 6.16. The number of hydrogen-bond donors (Lipinski definition) is 0. The molecule has 112 valence electrons. The van der Waals surface area contributed by atoms with E-state index in [1.54, 1.807) is 0 Å². The number of hydrogen-bond acceptors (Lipinski definition) is 0. The number of benzene rings is 5. The molecule has 0 heteroatoms. The first-order chi connectivity index (χ1) is 15.2. The highest BCUT2D eigenvalue weighted by atomic mass is 14.1. The molecule has 0 radical (unpaired) electrons. The van der Waals surface area contributed by atoms with Gasteiger partial charge in [0.2, 0.25) is 0 Å². The minimum atomic E-state index is -0.385. The Labute approximate surface area is 152 Å². The molecule has 0 aliphatic heterocycles. The summed E-state index contributed by atoms with van der Waals surface area (Å²) in [6.45, 7) is 0. The van der Waals surface area contributed by atoms with Crippen LogP contribution in [-0.2, 0) is 0 Å². The Kier molecular flexibility index (Phi) is 1.66. The summed E-state index contributed by atoms with van der Waals surface area (Å²) in [5.41, 5.74) is 1.03. The Morgan fingerprint density at radius 2 is 1.17 bits per heavy atom. The molecule has 0 nitrogen and oxygen atoms in total. The fourth-order valence-corrected chi connectivity index (χ4v) is 3.24. The zero-order valence-corrected chi connectivity index (χ0v) is 12.6. The highest BCUT2D eigenvalue weighted by Gasteiger charge is 2.11. The second kappa shape index (κ2) is 5.21. The Balaban J connectivity index is 2.19. The summed E-state index contributed by atoms with van der Waals surface area (Å²) in [4.78, 5) is 0. The van der Waals surface area contributed by atoms with Crippen molar-refractivity contribution in [3.8, 4) is 11.1 Å². The first-order valence-corrected chi connectivity index (χ1v) is 7.65. The molecule has 0 N–H and O–H groups in total. The first-order valence-electron chi connectivity index (χ1n) is 11.6. The smallest absolute Gasteiger partial charge is 0.0616 e. The van der Waals surface area contributed by atoms with E-state index in [-0.39, 0.29) is 69.9 Å². The third-order valence-corrected chi connectivity index (χ3v) is 4.28. The van der Waals surface area contributed by atoms with E-state index in [1.165, 1.54) is 6.07 Å². The normalized spacial score (nSPS) is 16.0. The van der Waals surface area contributed by atoms with Gasteiger partial charge in [0.25, 0.3) is 0 Å². The molecule has 5 aromatic rings. The Morgan fingerprint density at radius 3 is 1.92 bits per heavy atom. The predicted molar refractivity (Wildman–Crippen MR) is 104 cm³/mol. The average molecular weight is 312 g/mol. The van der Waals surface area contributed by atoms with Crippen LogP contribution in [0.2, 0.25) is 0 Å². The third-order valence-electron chi connectivity index (χ3n) is 4.28. The van der Waals surface area contributed by atoms with Crippen LogP contribution < -0.4 is 0 Å². The summed E-state index contributed by atoms with van der Waals surface area (Å²) < 4.78 is 66.9. The fraction of sp³-hybridized carbons (Fsp3) is 0. The van der Waals surface area contributed by atoms with E-state index in [0.29, 0.717) is 11.1 Å². The van der Waals surface area contributed by atoms with Gasteiger partial charge in [-0.1, -0.05) is 90.8 Å². The van der Waals surface area contributed by atoms with Crippen molar-refractivity contribution in [3.05, 3.63) is 96.9 Å². The summed E-state index contributed by atoms with van der Waals surface area (Å²) in [5, 5.41) is 2.66. The molecule has 0 aliphatic rings. The van der Waals surface area contributed by atoms with E-state index < -0.39 is 0 Å². The molecule has 0 saturated carbocycles. The van der Waals surface area contributed by atoms with E-state index in [2.05, 4.69) is 0 Å². The van der Waals surface area contributed by atoms with Crippen LogP contribution in [0.25, 0.3) is 43.4 Å². The van der Waals surface area contributed by atoms with Crippen molar-refractivity contribution in [2.24, 2.45) is 0 Å². The predicted octanol–water partition coefficient (Wildman–Crippen LogP) is 6.81. The van der Waals surface area contributed by atoms with Crippen molar-refractivity contribution in [2.45, 2.75) is 0 Å². The number of rotatable bonds is 1. The van der Waals surface area contributed by atoms with Crippen LogP contribution >= 0.6 is 0 Å². The molecule has 5 aromatic carbocycles. The maximum absolute atomic E-state index is 8.64. The van der Waals surface area contributed by atoms with Crippen LogP contribution in [0, 0.1) is 0 Å². The molecule has 5 rings (SSSR count). The molecule has 0 spiro atoms. The Bertz CT molecular complexity index is 1520. The largest absolute Gasteiger partial charge is 0.0629 e. The lowest BCUT2D eigenvalue weighted by Gasteiger charge is -2.14. The maximum atomic E-state index is 8.64. The van der Waals surface area contributed by atoms with Crippen LogP contribution in [-0.4, -0.2) is 0 Å². The van der Waals surface area contributed by atoms with Crippen molar-refractivity contribution in [1.82, 2.24) is 0 Å². The van der Waals surface area contributed by atoms with Gasteiger partial charge in [0.1, 0.15) is 0 Å². The van der Waals surface area contributed by atoms with Gasteiger partial charge in [-0.2, -0.15) is 0 Å². The van der Waals surface area contributed by atoms with Gasteiger partial charge in [-0.25, -0.2) is 0 Å². The third kappa shape index (κ3) is 1.93. The highest BCUT2D eigenvalue weighted by Crippen LogP contribution is 2.39. The van der Waals surface area contributed by atoms with Gasteiger partial charge >= 0.3 is 0 Å². The van der Waals surface area contributed by atoms with Crippen LogP contribution in [0.4, 0.5) is 0 Å². The molecule has 0 unspecified atom stereocenters. The van der Waals surface area contributed by atoms with Crippen molar-refractivity contribution in [3.63, 3.8) is 0 Å². The lowest BCUT2D eigenvalue weighted by Crippen LogP contribution is -1.87. The standard InChI is InChI=1S/C24H16/c1-4-12-20-17(8-1)11-7-15-23(20)24-21-13-5-2-9-18(21)16-19-10-3-6-14-22(19)24/h1-16H/i2D,3D,5D,6D,9D,10D,13D,14D. The lowest BCUT2D eigenvalue weighted by molar-refractivity contribution is 1.70. The Morgan fingerprint density at radius 1 is 0.542 bits per heavy atom. The van der Waals surface area contributed by atoms with Gasteiger partial charge in [0.05, 0.1) is 11.0 Å². The van der Waals surface area contributed by atoms with Gasteiger partial charge < -0.3 is 0 Å². The minimum Gasteiger partial charge on any atom is -0.0616 e. The summed E-state index contributed by atoms with van der Waals surface area (Å²) in [5.74, 6) is 0. The van der Waals surface area contributed by atoms with E-state index in [1.807, 2.05) is 42.5 Å². The summed E-state index contributed by atoms with van der Waals surface area (Å²) in [6, 6.07) is 12.1. The van der Waals surface area contributed by atoms with Gasteiger partial charge in [0.15, 0.2) is 0 Å². The molecule has 0 bridgehead atoms. The van der Waals surface area contributed by atoms with Gasteiger partial charge in [-0.15, -0.1) is 0 Å². The van der Waals surface area contributed by atoms with E-state index in [9.17, 15) is 0 Å². The van der Waals surface area contributed by atoms with E-state index in [4.69, 9.17) is 11.0 Å². The van der Waals surface area contributed by atoms with E-state index in [0.717, 1.165) is 10.8 Å². The maximum Gasteiger partial charge on any atom is 0.0629 e. The molecule has 0 saturated heterocycles. The van der Waals surface area contributed by atoms with Gasteiger partial charge in [-0.3, -0.25) is 0 Å². The monoisotopic (exact) mass is 312 g/mol. The first kappa shape index (κ1) is 7.63. The lowest BCUT2D eigenvalue weighted by atomic mass is 9.89. The summed E-state index contributed by atoms with van der Waals surface area (Å²) in [6.07, 6.45) is 0. The van der Waals surface area contributed by atoms with Crippen LogP contribution in [0.1, 0.15) is 11.0 Å². The van der Waals surface area contributed by atoms with Crippen LogP contribution in [0.3, 0.4) is 0 Å². The second-order valence-electron chi connectivity index (χ2n) is 5.62. The minimum absolute atomic E-state index is 0.219. The average Bonchev–Trinajstić information content (AvgIpc) is 2.81.